The average Bonchev–Trinajstić information content (AvgIpc) is 3.18. The molecule has 19 heavy (non-hydrogen) atoms. The van der Waals surface area contributed by atoms with Gasteiger partial charge in [-0.25, -0.2) is 4.79 Å². The van der Waals surface area contributed by atoms with Crippen LogP contribution in [0.4, 0.5) is 0 Å². The number of allylic oxidation sites excluding steroid dienone is 1. The summed E-state index contributed by atoms with van der Waals surface area (Å²) in [7, 11) is 1.29. The summed E-state index contributed by atoms with van der Waals surface area (Å²) in [6.45, 7) is 0. The lowest BCUT2D eigenvalue weighted by molar-refractivity contribution is 0.0561. The van der Waals surface area contributed by atoms with Gasteiger partial charge in [-0.05, 0) is 25.2 Å². The first-order valence-electron chi connectivity index (χ1n) is 6.29. The van der Waals surface area contributed by atoms with Crippen molar-refractivity contribution in [2.24, 2.45) is 0 Å². The second-order valence-corrected chi connectivity index (χ2v) is 4.89. The van der Waals surface area contributed by atoms with Gasteiger partial charge >= 0.3 is 5.97 Å². The van der Waals surface area contributed by atoms with Crippen molar-refractivity contribution in [3.8, 4) is 0 Å². The van der Waals surface area contributed by atoms with E-state index < -0.39 is 5.97 Å². The summed E-state index contributed by atoms with van der Waals surface area (Å²) in [5, 5.41) is 9.09. The van der Waals surface area contributed by atoms with Gasteiger partial charge in [0.15, 0.2) is 5.78 Å². The number of hydrogen-bond donors (Lipinski definition) is 1. The Labute approximate surface area is 109 Å². The van der Waals surface area contributed by atoms with Crippen molar-refractivity contribution in [3.63, 3.8) is 0 Å². The summed E-state index contributed by atoms with van der Waals surface area (Å²) in [5.74, 6) is 0.118. The van der Waals surface area contributed by atoms with Gasteiger partial charge in [0.05, 0.1) is 18.9 Å². The van der Waals surface area contributed by atoms with E-state index in [1.54, 1.807) is 0 Å². The molecular formula is C14H14O5. The number of aryl methyl sites for hydroxylation is 1. The highest BCUT2D eigenvalue weighted by atomic mass is 16.5. The number of carbonyl (C=O) groups is 2. The van der Waals surface area contributed by atoms with E-state index in [-0.39, 0.29) is 17.5 Å². The van der Waals surface area contributed by atoms with Crippen LogP contribution in [0.1, 0.15) is 57.4 Å². The summed E-state index contributed by atoms with van der Waals surface area (Å²) in [6.07, 6.45) is 3.69. The van der Waals surface area contributed by atoms with Gasteiger partial charge in [-0.1, -0.05) is 0 Å². The molecule has 0 amide bonds. The first-order chi connectivity index (χ1) is 9.17. The number of furan rings is 1. The number of ether oxygens (including phenoxy) is 1. The highest BCUT2D eigenvalue weighted by molar-refractivity contribution is 6.12. The first kappa shape index (κ1) is 12.0. The molecule has 1 aromatic rings. The minimum atomic E-state index is -0.543. The highest BCUT2D eigenvalue weighted by Crippen LogP contribution is 2.47. The average molecular weight is 262 g/mol. The Morgan fingerprint density at radius 1 is 1.42 bits per heavy atom. The molecule has 1 N–H and O–H groups in total. The molecule has 100 valence electrons. The van der Waals surface area contributed by atoms with Crippen molar-refractivity contribution < 1.29 is 23.8 Å². The van der Waals surface area contributed by atoms with Crippen LogP contribution >= 0.6 is 0 Å². The number of esters is 1. The summed E-state index contributed by atoms with van der Waals surface area (Å²) >= 11 is 0. The fraction of sp³-hybridized carbons (Fsp3) is 0.429. The third kappa shape index (κ3) is 1.77. The van der Waals surface area contributed by atoms with Crippen molar-refractivity contribution in [2.45, 2.75) is 31.6 Å². The van der Waals surface area contributed by atoms with Crippen LogP contribution in [0.2, 0.25) is 0 Å². The Morgan fingerprint density at radius 2 is 2.16 bits per heavy atom. The van der Waals surface area contributed by atoms with Gasteiger partial charge in [-0.15, -0.1) is 0 Å². The molecule has 0 spiro atoms. The Kier molecular flexibility index (Phi) is 2.69. The Hall–Kier alpha value is -2.04. The molecule has 2 aliphatic rings. The number of aliphatic hydroxyl groups excluding tert-OH is 1. The molecule has 0 radical (unpaired) electrons. The van der Waals surface area contributed by atoms with Crippen molar-refractivity contribution in [1.29, 1.82) is 0 Å². The van der Waals surface area contributed by atoms with E-state index >= 15 is 0 Å². The number of fused-ring (bicyclic) bond motifs is 1. The normalized spacial score (nSPS) is 20.5. The standard InChI is InChI=1S/C14H14O5/c1-18-14(17)13-10(7-2-3-7)11-9(19-13)5-4-8(6-15)12(11)16/h6-7,15H,2-5H2,1H3. The molecule has 1 heterocycles. The fourth-order valence-electron chi connectivity index (χ4n) is 2.57. The van der Waals surface area contributed by atoms with Crippen molar-refractivity contribution in [3.05, 3.63) is 34.5 Å². The molecule has 5 heteroatoms. The lowest BCUT2D eigenvalue weighted by atomic mass is 9.88. The Morgan fingerprint density at radius 3 is 2.74 bits per heavy atom. The van der Waals surface area contributed by atoms with Crippen LogP contribution in [-0.2, 0) is 11.2 Å². The second-order valence-electron chi connectivity index (χ2n) is 4.89. The predicted octanol–water partition coefficient (Wildman–Crippen LogP) is 2.51. The number of hydrogen-bond acceptors (Lipinski definition) is 5. The lowest BCUT2D eigenvalue weighted by Gasteiger charge is -2.12. The fourth-order valence-corrected chi connectivity index (χ4v) is 2.57. The summed E-state index contributed by atoms with van der Waals surface area (Å²) < 4.78 is 10.3. The van der Waals surface area contributed by atoms with Crippen LogP contribution in [0.15, 0.2) is 16.3 Å². The van der Waals surface area contributed by atoms with Crippen LogP contribution in [-0.4, -0.2) is 24.0 Å². The molecule has 0 bridgehead atoms. The zero-order valence-electron chi connectivity index (χ0n) is 10.6. The molecule has 1 aromatic heterocycles. The van der Waals surface area contributed by atoms with Gasteiger partial charge in [0.1, 0.15) is 5.76 Å². The third-order valence-corrected chi connectivity index (χ3v) is 3.67. The molecule has 3 rings (SSSR count). The number of ketones is 1. The summed E-state index contributed by atoms with van der Waals surface area (Å²) in [4.78, 5) is 24.0. The van der Waals surface area contributed by atoms with Crippen molar-refractivity contribution in [2.75, 3.05) is 7.11 Å². The SMILES string of the molecule is COC(=O)c1oc2c(c1C1CC1)C(=O)C(=CO)CC2. The number of rotatable bonds is 2. The maximum absolute atomic E-state index is 12.3. The van der Waals surface area contributed by atoms with Crippen LogP contribution in [0.5, 0.6) is 0 Å². The van der Waals surface area contributed by atoms with E-state index in [9.17, 15) is 9.59 Å². The first-order valence-corrected chi connectivity index (χ1v) is 6.29. The topological polar surface area (TPSA) is 76.7 Å². The Bertz CT molecular complexity index is 589. The molecule has 5 nitrogen and oxygen atoms in total. The lowest BCUT2D eigenvalue weighted by Crippen LogP contribution is -2.14. The minimum absolute atomic E-state index is 0.155. The quantitative estimate of drug-likeness (QED) is 0.503. The third-order valence-electron chi connectivity index (χ3n) is 3.67. The minimum Gasteiger partial charge on any atom is -0.515 e. The largest absolute Gasteiger partial charge is 0.515 e. The monoisotopic (exact) mass is 262 g/mol. The molecule has 2 aliphatic carbocycles. The van der Waals surface area contributed by atoms with E-state index in [1.165, 1.54) is 7.11 Å². The van der Waals surface area contributed by atoms with Gasteiger partial charge < -0.3 is 14.3 Å². The van der Waals surface area contributed by atoms with Crippen LogP contribution in [0.25, 0.3) is 0 Å². The second kappa shape index (κ2) is 4.26. The van der Waals surface area contributed by atoms with Gasteiger partial charge in [0.2, 0.25) is 5.76 Å². The molecule has 0 atom stereocenters. The molecule has 1 fully saturated rings. The van der Waals surface area contributed by atoms with E-state index in [2.05, 4.69) is 0 Å². The van der Waals surface area contributed by atoms with Gasteiger partial charge in [0, 0.05) is 17.6 Å². The van der Waals surface area contributed by atoms with E-state index in [0.29, 0.717) is 35.3 Å². The van der Waals surface area contributed by atoms with Crippen LogP contribution in [0, 0.1) is 0 Å². The molecule has 0 aromatic carbocycles. The Balaban J connectivity index is 2.17. The van der Waals surface area contributed by atoms with Gasteiger partial charge in [0.25, 0.3) is 0 Å². The van der Waals surface area contributed by atoms with E-state index in [0.717, 1.165) is 19.1 Å². The molecule has 0 aliphatic heterocycles. The molecular weight excluding hydrogens is 248 g/mol. The van der Waals surface area contributed by atoms with Crippen molar-refractivity contribution in [1.82, 2.24) is 0 Å². The maximum Gasteiger partial charge on any atom is 0.374 e. The summed E-state index contributed by atoms with van der Waals surface area (Å²) in [5.41, 5.74) is 1.51. The van der Waals surface area contributed by atoms with Crippen LogP contribution in [0.3, 0.4) is 0 Å². The predicted molar refractivity (Wildman–Crippen MR) is 65.4 cm³/mol. The van der Waals surface area contributed by atoms with Gasteiger partial charge in [-0.2, -0.15) is 0 Å². The van der Waals surface area contributed by atoms with Gasteiger partial charge in [-0.3, -0.25) is 4.79 Å². The zero-order chi connectivity index (χ0) is 13.6. The highest BCUT2D eigenvalue weighted by Gasteiger charge is 2.40. The molecule has 0 unspecified atom stereocenters. The zero-order valence-corrected chi connectivity index (χ0v) is 10.6. The van der Waals surface area contributed by atoms with E-state index in [4.69, 9.17) is 14.3 Å². The number of aliphatic hydroxyl groups is 1. The number of methoxy groups -OCH3 is 1. The number of Topliss-reactive ketones (excluding diaryl/α,β-unsaturated/α-hetero) is 1. The smallest absolute Gasteiger partial charge is 0.374 e. The summed E-state index contributed by atoms with van der Waals surface area (Å²) in [6, 6.07) is 0. The molecule has 0 saturated heterocycles. The molecule has 1 saturated carbocycles. The van der Waals surface area contributed by atoms with E-state index in [1.807, 2.05) is 0 Å². The van der Waals surface area contributed by atoms with Crippen molar-refractivity contribution >= 4 is 11.8 Å². The number of carbonyl (C=O) groups excluding carboxylic acids is 2. The van der Waals surface area contributed by atoms with Crippen LogP contribution < -0.4 is 0 Å². The maximum atomic E-state index is 12.3.